The van der Waals surface area contributed by atoms with E-state index in [0.29, 0.717) is 5.75 Å². The molecule has 0 saturated carbocycles. The number of pyridine rings is 1. The summed E-state index contributed by atoms with van der Waals surface area (Å²) in [5, 5.41) is 11.5. The monoisotopic (exact) mass is 359 g/mol. The fraction of sp³-hybridized carbons (Fsp3) is 0.118. The summed E-state index contributed by atoms with van der Waals surface area (Å²) in [4.78, 5) is 5.47. The summed E-state index contributed by atoms with van der Waals surface area (Å²) in [5.41, 5.74) is 1.82. The van der Waals surface area contributed by atoms with Crippen molar-refractivity contribution in [1.29, 1.82) is 0 Å². The molecule has 0 saturated heterocycles. The quantitative estimate of drug-likeness (QED) is 0.677. The highest BCUT2D eigenvalue weighted by Crippen LogP contribution is 2.30. The predicted molar refractivity (Wildman–Crippen MR) is 91.6 cm³/mol. The van der Waals surface area contributed by atoms with E-state index in [1.54, 1.807) is 18.0 Å². The zero-order valence-corrected chi connectivity index (χ0v) is 13.6. The predicted octanol–water partition coefficient (Wildman–Crippen LogP) is 4.82. The highest BCUT2D eigenvalue weighted by Gasteiger charge is 2.10. The van der Waals surface area contributed by atoms with Crippen molar-refractivity contribution in [2.24, 2.45) is 0 Å². The van der Waals surface area contributed by atoms with Crippen molar-refractivity contribution in [3.63, 3.8) is 0 Å². The van der Waals surface area contributed by atoms with E-state index in [1.165, 1.54) is 0 Å². The SMILES string of the molecule is OC(CSc1ccccc1Br)c1ccc2cccnc2c1. The van der Waals surface area contributed by atoms with E-state index < -0.39 is 6.10 Å². The van der Waals surface area contributed by atoms with Crippen molar-refractivity contribution in [1.82, 2.24) is 4.98 Å². The maximum atomic E-state index is 10.4. The van der Waals surface area contributed by atoms with Crippen LogP contribution in [0.2, 0.25) is 0 Å². The molecule has 0 aliphatic heterocycles. The number of thioether (sulfide) groups is 1. The van der Waals surface area contributed by atoms with Gasteiger partial charge in [-0.3, -0.25) is 4.98 Å². The first-order chi connectivity index (χ1) is 10.2. The highest BCUT2D eigenvalue weighted by molar-refractivity contribution is 9.10. The minimum absolute atomic E-state index is 0.506. The van der Waals surface area contributed by atoms with E-state index in [-0.39, 0.29) is 0 Å². The summed E-state index contributed by atoms with van der Waals surface area (Å²) in [7, 11) is 0. The highest BCUT2D eigenvalue weighted by atomic mass is 79.9. The second-order valence-electron chi connectivity index (χ2n) is 4.71. The lowest BCUT2D eigenvalue weighted by Gasteiger charge is -2.12. The lowest BCUT2D eigenvalue weighted by Crippen LogP contribution is -2.00. The van der Waals surface area contributed by atoms with Gasteiger partial charge in [-0.15, -0.1) is 11.8 Å². The minimum atomic E-state index is -0.506. The molecule has 2 nitrogen and oxygen atoms in total. The van der Waals surface area contributed by atoms with Crippen LogP contribution in [-0.4, -0.2) is 15.8 Å². The molecule has 106 valence electrons. The molecule has 1 heterocycles. The van der Waals surface area contributed by atoms with Gasteiger partial charge in [-0.05, 0) is 45.8 Å². The molecule has 1 atom stereocenters. The molecule has 1 N–H and O–H groups in total. The topological polar surface area (TPSA) is 33.1 Å². The van der Waals surface area contributed by atoms with Crippen LogP contribution in [0.4, 0.5) is 0 Å². The number of aromatic nitrogens is 1. The summed E-state index contributed by atoms with van der Waals surface area (Å²) in [6, 6.07) is 17.9. The molecule has 21 heavy (non-hydrogen) atoms. The average molecular weight is 360 g/mol. The number of halogens is 1. The Kier molecular flexibility index (Phi) is 4.58. The van der Waals surface area contributed by atoms with Crippen molar-refractivity contribution in [3.8, 4) is 0 Å². The summed E-state index contributed by atoms with van der Waals surface area (Å²) in [5.74, 6) is 0.612. The van der Waals surface area contributed by atoms with Crippen molar-refractivity contribution in [2.75, 3.05) is 5.75 Å². The average Bonchev–Trinajstić information content (AvgIpc) is 2.53. The minimum Gasteiger partial charge on any atom is -0.388 e. The van der Waals surface area contributed by atoms with Gasteiger partial charge < -0.3 is 5.11 Å². The Bertz CT molecular complexity index is 762. The maximum Gasteiger partial charge on any atom is 0.0884 e. The van der Waals surface area contributed by atoms with E-state index in [1.807, 2.05) is 54.6 Å². The zero-order chi connectivity index (χ0) is 14.7. The van der Waals surface area contributed by atoms with Gasteiger partial charge in [0.2, 0.25) is 0 Å². The standard InChI is InChI=1S/C17H14BrNOS/c18-14-5-1-2-6-17(14)21-11-16(20)13-8-7-12-4-3-9-19-15(12)10-13/h1-10,16,20H,11H2. The van der Waals surface area contributed by atoms with E-state index in [9.17, 15) is 5.11 Å². The largest absolute Gasteiger partial charge is 0.388 e. The maximum absolute atomic E-state index is 10.4. The van der Waals surface area contributed by atoms with Gasteiger partial charge in [0.05, 0.1) is 11.6 Å². The van der Waals surface area contributed by atoms with E-state index in [0.717, 1.165) is 25.8 Å². The van der Waals surface area contributed by atoms with Crippen LogP contribution in [0.15, 0.2) is 70.2 Å². The third kappa shape index (κ3) is 3.46. The van der Waals surface area contributed by atoms with Gasteiger partial charge in [0.25, 0.3) is 0 Å². The fourth-order valence-electron chi connectivity index (χ4n) is 2.12. The molecular weight excluding hydrogens is 346 g/mol. The molecule has 0 spiro atoms. The second-order valence-corrected chi connectivity index (χ2v) is 6.63. The Morgan fingerprint density at radius 3 is 2.81 bits per heavy atom. The molecule has 3 rings (SSSR count). The van der Waals surface area contributed by atoms with Crippen molar-refractivity contribution in [2.45, 2.75) is 11.0 Å². The van der Waals surface area contributed by atoms with Crippen LogP contribution >= 0.6 is 27.7 Å². The van der Waals surface area contributed by atoms with Gasteiger partial charge in [0.15, 0.2) is 0 Å². The normalized spacial score (nSPS) is 12.5. The molecular formula is C17H14BrNOS. The van der Waals surface area contributed by atoms with Gasteiger partial charge in [-0.2, -0.15) is 0 Å². The number of rotatable bonds is 4. The smallest absolute Gasteiger partial charge is 0.0884 e. The number of fused-ring (bicyclic) bond motifs is 1. The molecule has 0 amide bonds. The van der Waals surface area contributed by atoms with Crippen LogP contribution in [0.25, 0.3) is 10.9 Å². The van der Waals surface area contributed by atoms with Gasteiger partial charge in [-0.25, -0.2) is 0 Å². The first-order valence-electron chi connectivity index (χ1n) is 6.64. The van der Waals surface area contributed by atoms with E-state index >= 15 is 0 Å². The van der Waals surface area contributed by atoms with Crippen molar-refractivity contribution < 1.29 is 5.11 Å². The lowest BCUT2D eigenvalue weighted by atomic mass is 10.1. The number of hydrogen-bond acceptors (Lipinski definition) is 3. The first kappa shape index (κ1) is 14.6. The Labute approximate surface area is 136 Å². The number of nitrogens with zero attached hydrogens (tertiary/aromatic N) is 1. The molecule has 0 aliphatic carbocycles. The number of benzene rings is 2. The summed E-state index contributed by atoms with van der Waals surface area (Å²) in [6.07, 6.45) is 1.27. The molecule has 0 aliphatic rings. The van der Waals surface area contributed by atoms with E-state index in [4.69, 9.17) is 0 Å². The molecule has 1 aromatic heterocycles. The summed E-state index contributed by atoms with van der Waals surface area (Å²) >= 11 is 5.16. The molecule has 0 radical (unpaired) electrons. The summed E-state index contributed by atoms with van der Waals surface area (Å²) in [6.45, 7) is 0. The lowest BCUT2D eigenvalue weighted by molar-refractivity contribution is 0.204. The Balaban J connectivity index is 1.75. The van der Waals surface area contributed by atoms with Gasteiger partial charge >= 0.3 is 0 Å². The number of aliphatic hydroxyl groups is 1. The molecule has 3 aromatic rings. The van der Waals surface area contributed by atoms with Gasteiger partial charge in [-0.1, -0.05) is 30.3 Å². The Morgan fingerprint density at radius 1 is 1.10 bits per heavy atom. The Hall–Kier alpha value is -1.36. The number of hydrogen-bond donors (Lipinski definition) is 1. The molecule has 1 unspecified atom stereocenters. The molecule has 2 aromatic carbocycles. The van der Waals surface area contributed by atoms with Crippen molar-refractivity contribution >= 4 is 38.6 Å². The van der Waals surface area contributed by atoms with Crippen LogP contribution in [-0.2, 0) is 0 Å². The van der Waals surface area contributed by atoms with Gasteiger partial charge in [0, 0.05) is 26.7 Å². The third-order valence-corrected chi connectivity index (χ3v) is 5.35. The van der Waals surface area contributed by atoms with Crippen LogP contribution in [0.5, 0.6) is 0 Å². The number of aliphatic hydroxyl groups excluding tert-OH is 1. The molecule has 4 heteroatoms. The summed E-state index contributed by atoms with van der Waals surface area (Å²) < 4.78 is 1.06. The van der Waals surface area contributed by atoms with Crippen LogP contribution in [0, 0.1) is 0 Å². The van der Waals surface area contributed by atoms with E-state index in [2.05, 4.69) is 20.9 Å². The van der Waals surface area contributed by atoms with Crippen LogP contribution in [0.1, 0.15) is 11.7 Å². The third-order valence-electron chi connectivity index (χ3n) is 3.25. The Morgan fingerprint density at radius 2 is 1.95 bits per heavy atom. The van der Waals surface area contributed by atoms with Crippen molar-refractivity contribution in [3.05, 3.63) is 70.8 Å². The second kappa shape index (κ2) is 6.60. The zero-order valence-electron chi connectivity index (χ0n) is 11.2. The first-order valence-corrected chi connectivity index (χ1v) is 8.42. The fourth-order valence-corrected chi connectivity index (χ4v) is 3.66. The van der Waals surface area contributed by atoms with Gasteiger partial charge in [0.1, 0.15) is 0 Å². The molecule has 0 bridgehead atoms. The van der Waals surface area contributed by atoms with Crippen LogP contribution in [0.3, 0.4) is 0 Å². The molecule has 0 fully saturated rings. The van der Waals surface area contributed by atoms with Crippen LogP contribution < -0.4 is 0 Å².